The summed E-state index contributed by atoms with van der Waals surface area (Å²) in [4.78, 5) is 30.2. The van der Waals surface area contributed by atoms with Gasteiger partial charge in [-0.1, -0.05) is 18.2 Å². The summed E-state index contributed by atoms with van der Waals surface area (Å²) in [5.74, 6) is 1.47. The zero-order valence-corrected chi connectivity index (χ0v) is 18.5. The van der Waals surface area contributed by atoms with Crippen molar-refractivity contribution in [1.29, 1.82) is 0 Å². The van der Waals surface area contributed by atoms with Crippen LogP contribution in [0.1, 0.15) is 33.6 Å². The molecule has 3 heterocycles. The van der Waals surface area contributed by atoms with Crippen LogP contribution in [0.4, 0.5) is 5.69 Å². The van der Waals surface area contributed by atoms with Gasteiger partial charge in [0.05, 0.1) is 6.54 Å². The minimum absolute atomic E-state index is 0.0844. The van der Waals surface area contributed by atoms with Gasteiger partial charge in [-0.3, -0.25) is 9.59 Å². The molecule has 2 aromatic carbocycles. The molecule has 1 aromatic heterocycles. The molecule has 164 valence electrons. The normalized spacial score (nSPS) is 15.1. The summed E-state index contributed by atoms with van der Waals surface area (Å²) in [5.41, 5.74) is 2.40. The Morgan fingerprint density at radius 2 is 1.84 bits per heavy atom. The molecule has 0 atom stereocenters. The number of benzene rings is 2. The van der Waals surface area contributed by atoms with Crippen molar-refractivity contribution < 1.29 is 19.1 Å². The van der Waals surface area contributed by atoms with E-state index in [1.165, 1.54) is 0 Å². The number of fused-ring (bicyclic) bond motifs is 1. The third kappa shape index (κ3) is 4.34. The molecule has 0 spiro atoms. The summed E-state index contributed by atoms with van der Waals surface area (Å²) >= 11 is 1.62. The van der Waals surface area contributed by atoms with Crippen molar-refractivity contribution in [2.24, 2.45) is 0 Å². The zero-order valence-electron chi connectivity index (χ0n) is 17.7. The van der Waals surface area contributed by atoms with E-state index in [0.717, 1.165) is 29.1 Å². The number of rotatable bonds is 6. The Morgan fingerprint density at radius 1 is 1.03 bits per heavy atom. The molecule has 3 aromatic rings. The molecule has 0 aliphatic carbocycles. The third-order valence-corrected chi connectivity index (χ3v) is 6.58. The van der Waals surface area contributed by atoms with Crippen LogP contribution in [-0.4, -0.2) is 36.5 Å². The highest BCUT2D eigenvalue weighted by Crippen LogP contribution is 2.35. The van der Waals surface area contributed by atoms with Crippen molar-refractivity contribution in [1.82, 2.24) is 4.90 Å². The van der Waals surface area contributed by atoms with Crippen LogP contribution in [0.5, 0.6) is 11.5 Å². The van der Waals surface area contributed by atoms with Crippen molar-refractivity contribution in [3.63, 3.8) is 0 Å². The molecule has 0 saturated carbocycles. The highest BCUT2D eigenvalue weighted by Gasteiger charge is 2.23. The van der Waals surface area contributed by atoms with Gasteiger partial charge in [0.25, 0.3) is 5.91 Å². The number of nitrogens with zero attached hydrogens (tertiary/aromatic N) is 2. The molecule has 5 rings (SSSR count). The third-order valence-electron chi connectivity index (χ3n) is 5.72. The van der Waals surface area contributed by atoms with Crippen molar-refractivity contribution in [3.8, 4) is 11.5 Å². The van der Waals surface area contributed by atoms with Crippen LogP contribution in [0, 0.1) is 0 Å². The zero-order chi connectivity index (χ0) is 21.9. The average molecular weight is 449 g/mol. The molecule has 32 heavy (non-hydrogen) atoms. The molecule has 0 radical (unpaired) electrons. The maximum Gasteiger partial charge on any atom is 0.258 e. The van der Waals surface area contributed by atoms with E-state index in [9.17, 15) is 9.59 Å². The topological polar surface area (TPSA) is 59.1 Å². The maximum atomic E-state index is 13.5. The number of hydrogen-bond donors (Lipinski definition) is 0. The minimum Gasteiger partial charge on any atom is -0.486 e. The van der Waals surface area contributed by atoms with Gasteiger partial charge in [-0.15, -0.1) is 11.3 Å². The van der Waals surface area contributed by atoms with Gasteiger partial charge in [-0.25, -0.2) is 0 Å². The Labute approximate surface area is 191 Å². The largest absolute Gasteiger partial charge is 0.486 e. The molecule has 0 bridgehead atoms. The van der Waals surface area contributed by atoms with Crippen LogP contribution in [0.15, 0.2) is 60.0 Å². The van der Waals surface area contributed by atoms with Crippen molar-refractivity contribution in [2.75, 3.05) is 24.7 Å². The predicted molar refractivity (Wildman–Crippen MR) is 123 cm³/mol. The maximum absolute atomic E-state index is 13.5. The first-order chi connectivity index (χ1) is 15.7. The number of hydrogen-bond acceptors (Lipinski definition) is 5. The van der Waals surface area contributed by atoms with Crippen LogP contribution in [0.2, 0.25) is 0 Å². The lowest BCUT2D eigenvalue weighted by Crippen LogP contribution is -2.30. The van der Waals surface area contributed by atoms with E-state index in [1.54, 1.807) is 16.2 Å². The SMILES string of the molecule is O=C1CCCN1Cc1ccc(C(=O)N(Cc2cccs2)c2ccc3c(c2)OCCO3)cc1. The lowest BCUT2D eigenvalue weighted by molar-refractivity contribution is -0.128. The van der Waals surface area contributed by atoms with Crippen molar-refractivity contribution in [2.45, 2.75) is 25.9 Å². The molecule has 1 saturated heterocycles. The summed E-state index contributed by atoms with van der Waals surface area (Å²) in [5, 5.41) is 2.01. The fourth-order valence-electron chi connectivity index (χ4n) is 4.04. The molecule has 7 heteroatoms. The van der Waals surface area contributed by atoms with Gasteiger partial charge in [0, 0.05) is 41.7 Å². The standard InChI is InChI=1S/C25H24N2O4S/c28-24-4-1-11-26(24)16-18-5-7-19(8-6-18)25(29)27(17-21-3-2-14-32-21)20-9-10-22-23(15-20)31-13-12-30-22/h2-3,5-10,14-15H,1,4,11-13,16-17H2. The molecule has 2 aliphatic heterocycles. The summed E-state index contributed by atoms with van der Waals surface area (Å²) in [6.45, 7) is 2.89. The highest BCUT2D eigenvalue weighted by atomic mass is 32.1. The summed E-state index contributed by atoms with van der Waals surface area (Å²) in [6, 6.07) is 17.2. The van der Waals surface area contributed by atoms with E-state index < -0.39 is 0 Å². The van der Waals surface area contributed by atoms with Crippen LogP contribution in [0.3, 0.4) is 0 Å². The van der Waals surface area contributed by atoms with Crippen molar-refractivity contribution >= 4 is 28.8 Å². The van der Waals surface area contributed by atoms with Gasteiger partial charge in [0.15, 0.2) is 11.5 Å². The smallest absolute Gasteiger partial charge is 0.258 e. The van der Waals surface area contributed by atoms with Crippen molar-refractivity contribution in [3.05, 3.63) is 76.0 Å². The number of carbonyl (C=O) groups is 2. The van der Waals surface area contributed by atoms with E-state index in [0.29, 0.717) is 49.8 Å². The van der Waals surface area contributed by atoms with E-state index in [-0.39, 0.29) is 11.8 Å². The van der Waals surface area contributed by atoms with Gasteiger partial charge < -0.3 is 19.3 Å². The Balaban J connectivity index is 1.39. The van der Waals surface area contributed by atoms with Crippen LogP contribution < -0.4 is 14.4 Å². The number of amides is 2. The van der Waals surface area contributed by atoms with Gasteiger partial charge in [-0.05, 0) is 47.7 Å². The lowest BCUT2D eigenvalue weighted by Gasteiger charge is -2.25. The second kappa shape index (κ2) is 9.04. The fourth-order valence-corrected chi connectivity index (χ4v) is 4.73. The van der Waals surface area contributed by atoms with E-state index >= 15 is 0 Å². The van der Waals surface area contributed by atoms with Crippen LogP contribution >= 0.6 is 11.3 Å². The number of thiophene rings is 1. The second-order valence-electron chi connectivity index (χ2n) is 7.91. The van der Waals surface area contributed by atoms with E-state index in [1.807, 2.05) is 64.9 Å². The monoisotopic (exact) mass is 448 g/mol. The fraction of sp³-hybridized carbons (Fsp3) is 0.280. The van der Waals surface area contributed by atoms with Gasteiger partial charge in [0.1, 0.15) is 13.2 Å². The second-order valence-corrected chi connectivity index (χ2v) is 8.95. The molecule has 2 amide bonds. The molecule has 0 N–H and O–H groups in total. The first-order valence-electron chi connectivity index (χ1n) is 10.8. The molecular formula is C25H24N2O4S. The average Bonchev–Trinajstić information content (AvgIpc) is 3.49. The Kier molecular flexibility index (Phi) is 5.81. The first-order valence-corrected chi connectivity index (χ1v) is 11.7. The molecular weight excluding hydrogens is 424 g/mol. The van der Waals surface area contributed by atoms with E-state index in [2.05, 4.69) is 0 Å². The molecule has 0 unspecified atom stereocenters. The van der Waals surface area contributed by atoms with Gasteiger partial charge >= 0.3 is 0 Å². The van der Waals surface area contributed by atoms with Crippen LogP contribution in [0.25, 0.3) is 0 Å². The van der Waals surface area contributed by atoms with E-state index in [4.69, 9.17) is 9.47 Å². The molecule has 1 fully saturated rings. The number of ether oxygens (including phenoxy) is 2. The molecule has 6 nitrogen and oxygen atoms in total. The minimum atomic E-state index is -0.0844. The Hall–Kier alpha value is -3.32. The van der Waals surface area contributed by atoms with Gasteiger partial charge in [0.2, 0.25) is 5.91 Å². The highest BCUT2D eigenvalue weighted by molar-refractivity contribution is 7.09. The summed E-state index contributed by atoms with van der Waals surface area (Å²) in [7, 11) is 0. The Bertz CT molecular complexity index is 1110. The van der Waals surface area contributed by atoms with Crippen LogP contribution in [-0.2, 0) is 17.9 Å². The number of likely N-dealkylation sites (tertiary alicyclic amines) is 1. The summed E-state index contributed by atoms with van der Waals surface area (Å²) in [6.07, 6.45) is 1.55. The summed E-state index contributed by atoms with van der Waals surface area (Å²) < 4.78 is 11.4. The first kappa shape index (κ1) is 20.6. The van der Waals surface area contributed by atoms with Gasteiger partial charge in [-0.2, -0.15) is 0 Å². The Morgan fingerprint density at radius 3 is 2.56 bits per heavy atom. The number of anilines is 1. The lowest BCUT2D eigenvalue weighted by atomic mass is 10.1. The predicted octanol–water partition coefficient (Wildman–Crippen LogP) is 4.49. The quantitative estimate of drug-likeness (QED) is 0.558. The molecule has 2 aliphatic rings. The number of carbonyl (C=O) groups excluding carboxylic acids is 2.